The largest absolute Gasteiger partial charge is 0.433 e. The molecule has 0 aliphatic heterocycles. The van der Waals surface area contributed by atoms with E-state index in [-0.39, 0.29) is 12.4 Å². The lowest BCUT2D eigenvalue weighted by Crippen LogP contribution is -2.09. The number of pyridine rings is 1. The van der Waals surface area contributed by atoms with E-state index in [1.807, 2.05) is 0 Å². The molecule has 1 rings (SSSR count). The molecule has 7 heteroatoms. The molecule has 0 spiro atoms. The normalized spacial score (nSPS) is 10.6. The molecule has 0 saturated heterocycles. The van der Waals surface area contributed by atoms with E-state index < -0.39 is 22.8 Å². The lowest BCUT2D eigenvalue weighted by atomic mass is 10.3. The molecular formula is C7H4Cl2F3NO. The second-order valence-electron chi connectivity index (χ2n) is 2.18. The van der Waals surface area contributed by atoms with Crippen LogP contribution in [0.2, 0.25) is 0 Å². The summed E-state index contributed by atoms with van der Waals surface area (Å²) < 4.78 is 36.0. The lowest BCUT2D eigenvalue weighted by Gasteiger charge is -2.04. The fraction of sp³-hybridized carbons (Fsp3) is 0.143. The van der Waals surface area contributed by atoms with Crippen molar-refractivity contribution in [3.8, 4) is 0 Å². The second kappa shape index (κ2) is 4.61. The molecule has 0 amide bonds. The van der Waals surface area contributed by atoms with Crippen LogP contribution in [0.1, 0.15) is 16.2 Å². The van der Waals surface area contributed by atoms with Crippen LogP contribution >= 0.6 is 24.0 Å². The second-order valence-corrected chi connectivity index (χ2v) is 2.52. The minimum atomic E-state index is -4.55. The highest BCUT2D eigenvalue weighted by Crippen LogP contribution is 2.27. The van der Waals surface area contributed by atoms with Crippen LogP contribution in [0, 0.1) is 0 Å². The van der Waals surface area contributed by atoms with Crippen LogP contribution in [-0.4, -0.2) is 10.2 Å². The molecule has 0 aliphatic rings. The Morgan fingerprint density at radius 3 is 2.36 bits per heavy atom. The highest BCUT2D eigenvalue weighted by Gasteiger charge is 2.32. The van der Waals surface area contributed by atoms with Crippen LogP contribution in [0.3, 0.4) is 0 Å². The Bertz CT molecular complexity index is 340. The monoisotopic (exact) mass is 245 g/mol. The van der Waals surface area contributed by atoms with Crippen molar-refractivity contribution >= 4 is 29.3 Å². The van der Waals surface area contributed by atoms with Gasteiger partial charge < -0.3 is 0 Å². The molecular weight excluding hydrogens is 242 g/mol. The first-order valence-electron chi connectivity index (χ1n) is 3.15. The summed E-state index contributed by atoms with van der Waals surface area (Å²) in [7, 11) is 0. The van der Waals surface area contributed by atoms with Crippen molar-refractivity contribution in [3.63, 3.8) is 0 Å². The molecule has 0 radical (unpaired) electrons. The number of carbonyl (C=O) groups is 1. The third-order valence-electron chi connectivity index (χ3n) is 1.24. The van der Waals surface area contributed by atoms with E-state index in [1.165, 1.54) is 0 Å². The van der Waals surface area contributed by atoms with Crippen molar-refractivity contribution in [3.05, 3.63) is 29.6 Å². The number of carbonyl (C=O) groups excluding carboxylic acids is 1. The minimum absolute atomic E-state index is 0. The summed E-state index contributed by atoms with van der Waals surface area (Å²) in [4.78, 5) is 13.5. The molecule has 0 aliphatic carbocycles. The van der Waals surface area contributed by atoms with E-state index in [9.17, 15) is 18.0 Å². The standard InChI is InChI=1S/C7H3ClF3NO.ClH/c8-6(13)4-2-1-3-5(12-4)7(9,10)11;/h1-3H;1H. The number of aromatic nitrogens is 1. The van der Waals surface area contributed by atoms with E-state index in [0.717, 1.165) is 18.2 Å². The predicted molar refractivity (Wildman–Crippen MR) is 46.7 cm³/mol. The summed E-state index contributed by atoms with van der Waals surface area (Å²) in [6, 6.07) is 2.96. The molecule has 1 heterocycles. The van der Waals surface area contributed by atoms with Crippen LogP contribution in [0.15, 0.2) is 18.2 Å². The molecule has 0 bridgehead atoms. The molecule has 0 saturated carbocycles. The molecule has 0 atom stereocenters. The van der Waals surface area contributed by atoms with Gasteiger partial charge in [-0.05, 0) is 23.7 Å². The van der Waals surface area contributed by atoms with Crippen molar-refractivity contribution in [2.24, 2.45) is 0 Å². The highest BCUT2D eigenvalue weighted by molar-refractivity contribution is 6.67. The summed E-state index contributed by atoms with van der Waals surface area (Å²) in [5.74, 6) is 0. The molecule has 14 heavy (non-hydrogen) atoms. The third-order valence-corrected chi connectivity index (χ3v) is 1.43. The first kappa shape index (κ1) is 13.2. The van der Waals surface area contributed by atoms with E-state index in [1.54, 1.807) is 0 Å². The Morgan fingerprint density at radius 1 is 1.36 bits per heavy atom. The average Bonchev–Trinajstić information content (AvgIpc) is 2.03. The molecule has 1 aromatic heterocycles. The topological polar surface area (TPSA) is 30.0 Å². The van der Waals surface area contributed by atoms with Crippen molar-refractivity contribution in [2.45, 2.75) is 6.18 Å². The van der Waals surface area contributed by atoms with Gasteiger partial charge in [0.25, 0.3) is 5.24 Å². The van der Waals surface area contributed by atoms with Gasteiger partial charge >= 0.3 is 6.18 Å². The van der Waals surface area contributed by atoms with Crippen molar-refractivity contribution in [2.75, 3.05) is 0 Å². The molecule has 1 aromatic rings. The SMILES string of the molecule is Cl.O=C(Cl)c1cccc(C(F)(F)F)n1. The zero-order chi connectivity index (χ0) is 10.1. The van der Waals surface area contributed by atoms with Crippen molar-refractivity contribution in [1.82, 2.24) is 4.98 Å². The lowest BCUT2D eigenvalue weighted by molar-refractivity contribution is -0.141. The van der Waals surface area contributed by atoms with E-state index in [0.29, 0.717) is 0 Å². The summed E-state index contributed by atoms with van der Waals surface area (Å²) in [5.41, 5.74) is -1.53. The summed E-state index contributed by atoms with van der Waals surface area (Å²) in [5, 5.41) is -1.01. The van der Waals surface area contributed by atoms with Gasteiger partial charge in [-0.15, -0.1) is 12.4 Å². The quantitative estimate of drug-likeness (QED) is 0.713. The van der Waals surface area contributed by atoms with Gasteiger partial charge in [0, 0.05) is 0 Å². The van der Waals surface area contributed by atoms with Gasteiger partial charge in [-0.1, -0.05) is 6.07 Å². The molecule has 2 nitrogen and oxygen atoms in total. The molecule has 0 unspecified atom stereocenters. The van der Waals surface area contributed by atoms with Gasteiger partial charge in [0.05, 0.1) is 0 Å². The van der Waals surface area contributed by atoms with Gasteiger partial charge in [-0.2, -0.15) is 13.2 Å². The Kier molecular flexibility index (Phi) is 4.35. The minimum Gasteiger partial charge on any atom is -0.274 e. The molecule has 0 N–H and O–H groups in total. The van der Waals surface area contributed by atoms with Crippen molar-refractivity contribution in [1.29, 1.82) is 0 Å². The van der Waals surface area contributed by atoms with Gasteiger partial charge in [-0.25, -0.2) is 4.98 Å². The highest BCUT2D eigenvalue weighted by atomic mass is 35.5. The molecule has 0 aromatic carbocycles. The predicted octanol–water partition coefficient (Wildman–Crippen LogP) is 2.90. The van der Waals surface area contributed by atoms with E-state index in [2.05, 4.69) is 4.98 Å². The zero-order valence-electron chi connectivity index (χ0n) is 6.51. The number of halogens is 5. The number of nitrogens with zero attached hydrogens (tertiary/aromatic N) is 1. The number of hydrogen-bond acceptors (Lipinski definition) is 2. The van der Waals surface area contributed by atoms with Crippen molar-refractivity contribution < 1.29 is 18.0 Å². The fourth-order valence-corrected chi connectivity index (χ4v) is 0.807. The summed E-state index contributed by atoms with van der Waals surface area (Å²) in [6.07, 6.45) is -4.55. The van der Waals surface area contributed by atoms with Crippen LogP contribution < -0.4 is 0 Å². The smallest absolute Gasteiger partial charge is 0.274 e. The maximum absolute atomic E-state index is 12.0. The van der Waals surface area contributed by atoms with E-state index >= 15 is 0 Å². The molecule has 78 valence electrons. The third kappa shape index (κ3) is 3.16. The Labute approximate surface area is 88.5 Å². The average molecular weight is 246 g/mol. The maximum atomic E-state index is 12.0. The van der Waals surface area contributed by atoms with Gasteiger partial charge in [0.15, 0.2) is 0 Å². The first-order valence-corrected chi connectivity index (χ1v) is 3.53. The fourth-order valence-electron chi connectivity index (χ4n) is 0.702. The molecule has 0 fully saturated rings. The Morgan fingerprint density at radius 2 is 1.93 bits per heavy atom. The van der Waals surface area contributed by atoms with Crippen LogP contribution in [0.4, 0.5) is 13.2 Å². The van der Waals surface area contributed by atoms with Gasteiger partial charge in [0.1, 0.15) is 11.4 Å². The van der Waals surface area contributed by atoms with Gasteiger partial charge in [-0.3, -0.25) is 4.79 Å². The summed E-state index contributed by atoms with van der Waals surface area (Å²) >= 11 is 4.96. The summed E-state index contributed by atoms with van der Waals surface area (Å²) in [6.45, 7) is 0. The van der Waals surface area contributed by atoms with Crippen LogP contribution in [0.5, 0.6) is 0 Å². The van der Waals surface area contributed by atoms with Gasteiger partial charge in [0.2, 0.25) is 0 Å². The zero-order valence-corrected chi connectivity index (χ0v) is 8.08. The number of hydrogen-bond donors (Lipinski definition) is 0. The number of rotatable bonds is 1. The number of alkyl halides is 3. The van der Waals surface area contributed by atoms with Crippen LogP contribution in [0.25, 0.3) is 0 Å². The maximum Gasteiger partial charge on any atom is 0.433 e. The Hall–Kier alpha value is -0.810. The first-order chi connectivity index (χ1) is 5.91. The van der Waals surface area contributed by atoms with E-state index in [4.69, 9.17) is 11.6 Å². The van der Waals surface area contributed by atoms with Crippen LogP contribution in [-0.2, 0) is 6.18 Å². The Balaban J connectivity index is 0.00000169.